The van der Waals surface area contributed by atoms with E-state index in [4.69, 9.17) is 9.47 Å². The molecule has 1 aromatic rings. The molecule has 0 unspecified atom stereocenters. The number of hydrogen-bond acceptors (Lipinski definition) is 5. The number of fused-ring (bicyclic) bond motifs is 1. The molecule has 7 heteroatoms. The van der Waals surface area contributed by atoms with E-state index in [0.29, 0.717) is 12.5 Å². The van der Waals surface area contributed by atoms with Gasteiger partial charge in [0.05, 0.1) is 6.54 Å². The van der Waals surface area contributed by atoms with Crippen molar-refractivity contribution < 1.29 is 24.4 Å². The minimum absolute atomic E-state index is 0.275. The molecule has 2 rings (SSSR count). The number of amides is 2. The van der Waals surface area contributed by atoms with E-state index in [9.17, 15) is 9.59 Å². The number of pyridine rings is 1. The highest BCUT2D eigenvalue weighted by molar-refractivity contribution is 5.88. The summed E-state index contributed by atoms with van der Waals surface area (Å²) in [4.78, 5) is 30.7. The summed E-state index contributed by atoms with van der Waals surface area (Å²) in [6.45, 7) is 11.9. The SMILES string of the molecule is CC(C)(C)OC(=O)N(CCCC[NH2+][C@H]1CCCc2cccnc21)C(=O)OC(C)(C)C. The summed E-state index contributed by atoms with van der Waals surface area (Å²) in [7, 11) is 0. The maximum Gasteiger partial charge on any atom is 0.419 e. The third-order valence-corrected chi connectivity index (χ3v) is 4.75. The van der Waals surface area contributed by atoms with Crippen LogP contribution in [-0.2, 0) is 15.9 Å². The number of nitrogens with two attached hydrogens (primary N) is 1. The van der Waals surface area contributed by atoms with Gasteiger partial charge in [-0.25, -0.2) is 14.5 Å². The number of hydrogen-bond donors (Lipinski definition) is 1. The van der Waals surface area contributed by atoms with Gasteiger partial charge < -0.3 is 14.8 Å². The first-order chi connectivity index (χ1) is 14.0. The Balaban J connectivity index is 1.86. The fourth-order valence-corrected chi connectivity index (χ4v) is 3.50. The second-order valence-electron chi connectivity index (χ2n) is 9.89. The van der Waals surface area contributed by atoms with Crippen LogP contribution in [0.4, 0.5) is 9.59 Å². The molecule has 30 heavy (non-hydrogen) atoms. The molecule has 0 aliphatic heterocycles. The summed E-state index contributed by atoms with van der Waals surface area (Å²) in [5.41, 5.74) is 1.21. The number of aromatic nitrogens is 1. The predicted octanol–water partition coefficient (Wildman–Crippen LogP) is 3.97. The minimum Gasteiger partial charge on any atom is -0.443 e. The molecule has 7 nitrogen and oxygen atoms in total. The quantitative estimate of drug-likeness (QED) is 0.704. The van der Waals surface area contributed by atoms with Gasteiger partial charge in [0, 0.05) is 19.2 Å². The summed E-state index contributed by atoms with van der Waals surface area (Å²) >= 11 is 0. The van der Waals surface area contributed by atoms with E-state index < -0.39 is 23.4 Å². The van der Waals surface area contributed by atoms with Crippen LogP contribution in [0.3, 0.4) is 0 Å². The van der Waals surface area contributed by atoms with Crippen LogP contribution >= 0.6 is 0 Å². The number of imide groups is 1. The lowest BCUT2D eigenvalue weighted by atomic mass is 9.92. The summed E-state index contributed by atoms with van der Waals surface area (Å²) in [6, 6.07) is 4.56. The number of carbonyl (C=O) groups is 2. The molecule has 2 N–H and O–H groups in total. The molecule has 0 saturated heterocycles. The number of nitrogens with zero attached hydrogens (tertiary/aromatic N) is 2. The van der Waals surface area contributed by atoms with Crippen molar-refractivity contribution in [2.45, 2.75) is 90.9 Å². The lowest BCUT2D eigenvalue weighted by Crippen LogP contribution is -2.85. The largest absolute Gasteiger partial charge is 0.443 e. The average molecular weight is 421 g/mol. The van der Waals surface area contributed by atoms with Crippen LogP contribution in [0.2, 0.25) is 0 Å². The Kier molecular flexibility index (Phi) is 8.24. The van der Waals surface area contributed by atoms with Crippen molar-refractivity contribution >= 4 is 12.2 Å². The van der Waals surface area contributed by atoms with Gasteiger partial charge in [0.2, 0.25) is 0 Å². The molecule has 0 saturated carbocycles. The van der Waals surface area contributed by atoms with E-state index in [0.717, 1.165) is 30.7 Å². The predicted molar refractivity (Wildman–Crippen MR) is 115 cm³/mol. The second kappa shape index (κ2) is 10.2. The lowest BCUT2D eigenvalue weighted by Gasteiger charge is -2.28. The topological polar surface area (TPSA) is 85.3 Å². The Hall–Kier alpha value is -2.15. The van der Waals surface area contributed by atoms with Crippen LogP contribution in [-0.4, -0.2) is 46.4 Å². The molecule has 1 aliphatic rings. The highest BCUT2D eigenvalue weighted by Crippen LogP contribution is 2.24. The zero-order chi connectivity index (χ0) is 22.4. The molecule has 0 fully saturated rings. The van der Waals surface area contributed by atoms with Gasteiger partial charge in [-0.2, -0.15) is 0 Å². The normalized spacial score (nSPS) is 16.5. The molecule has 0 aromatic carbocycles. The van der Waals surface area contributed by atoms with Crippen LogP contribution in [0, 0.1) is 0 Å². The minimum atomic E-state index is -0.674. The van der Waals surface area contributed by atoms with E-state index in [1.54, 1.807) is 41.5 Å². The Morgan fingerprint density at radius 2 is 1.73 bits per heavy atom. The van der Waals surface area contributed by atoms with Crippen molar-refractivity contribution in [3.63, 3.8) is 0 Å². The molecule has 168 valence electrons. The molecule has 0 radical (unpaired) electrons. The first kappa shape index (κ1) is 24.1. The molecular weight excluding hydrogens is 382 g/mol. The van der Waals surface area contributed by atoms with Crippen LogP contribution in [0.1, 0.15) is 84.5 Å². The van der Waals surface area contributed by atoms with Gasteiger partial charge in [-0.3, -0.25) is 4.98 Å². The monoisotopic (exact) mass is 420 g/mol. The number of aryl methyl sites for hydroxylation is 1. The smallest absolute Gasteiger partial charge is 0.419 e. The van der Waals surface area contributed by atoms with Crippen LogP contribution in [0.25, 0.3) is 0 Å². The molecule has 0 spiro atoms. The van der Waals surface area contributed by atoms with Gasteiger partial charge in [-0.1, -0.05) is 6.07 Å². The molecule has 0 bridgehead atoms. The molecular formula is C23H38N3O4+. The zero-order valence-corrected chi connectivity index (χ0v) is 19.4. The molecule has 1 heterocycles. The number of rotatable bonds is 6. The van der Waals surface area contributed by atoms with E-state index in [1.807, 2.05) is 12.3 Å². The standard InChI is InChI=1S/C23H37N3O4/c1-22(2,3)29-20(27)26(21(28)30-23(4,5)6)16-8-7-14-24-18-13-9-11-17-12-10-15-25-19(17)18/h10,12,15,18,24H,7-9,11,13-14,16H2,1-6H3/p+1/t18-/m0/s1. The van der Waals surface area contributed by atoms with Crippen molar-refractivity contribution in [1.29, 1.82) is 0 Å². The Labute approximate surface area is 180 Å². The molecule has 2 amide bonds. The second-order valence-corrected chi connectivity index (χ2v) is 9.89. The lowest BCUT2D eigenvalue weighted by molar-refractivity contribution is -0.698. The Bertz CT molecular complexity index is 694. The van der Waals surface area contributed by atoms with Gasteiger partial charge in [0.25, 0.3) is 0 Å². The summed E-state index contributed by atoms with van der Waals surface area (Å²) in [5.74, 6) is 0. The molecule has 1 aromatic heterocycles. The number of ether oxygens (including phenoxy) is 2. The highest BCUT2D eigenvalue weighted by atomic mass is 16.6. The van der Waals surface area contributed by atoms with E-state index in [-0.39, 0.29) is 6.54 Å². The summed E-state index contributed by atoms with van der Waals surface area (Å²) in [6.07, 6.45) is 5.53. The van der Waals surface area contributed by atoms with Gasteiger partial charge in [-0.15, -0.1) is 0 Å². The number of carbonyl (C=O) groups excluding carboxylic acids is 2. The highest BCUT2D eigenvalue weighted by Gasteiger charge is 2.31. The van der Waals surface area contributed by atoms with Crippen LogP contribution < -0.4 is 5.32 Å². The van der Waals surface area contributed by atoms with Gasteiger partial charge in [-0.05, 0) is 78.9 Å². The fraction of sp³-hybridized carbons (Fsp3) is 0.696. The first-order valence-electron chi connectivity index (χ1n) is 11.0. The Morgan fingerprint density at radius 1 is 1.10 bits per heavy atom. The summed E-state index contributed by atoms with van der Waals surface area (Å²) in [5, 5.41) is 2.33. The maximum atomic E-state index is 12.5. The Morgan fingerprint density at radius 3 is 2.33 bits per heavy atom. The average Bonchev–Trinajstić information content (AvgIpc) is 2.61. The molecule has 1 aliphatic carbocycles. The zero-order valence-electron chi connectivity index (χ0n) is 19.4. The van der Waals surface area contributed by atoms with Crippen molar-refractivity contribution in [1.82, 2.24) is 9.88 Å². The van der Waals surface area contributed by atoms with Crippen molar-refractivity contribution in [3.8, 4) is 0 Å². The third kappa shape index (κ3) is 7.94. The maximum absolute atomic E-state index is 12.5. The van der Waals surface area contributed by atoms with Gasteiger partial charge >= 0.3 is 12.2 Å². The van der Waals surface area contributed by atoms with Crippen molar-refractivity contribution in [2.75, 3.05) is 13.1 Å². The number of unbranched alkanes of at least 4 members (excludes halogenated alkanes) is 1. The fourth-order valence-electron chi connectivity index (χ4n) is 3.50. The van der Waals surface area contributed by atoms with Gasteiger partial charge in [0.15, 0.2) is 0 Å². The third-order valence-electron chi connectivity index (χ3n) is 4.75. The first-order valence-corrected chi connectivity index (χ1v) is 11.0. The van der Waals surface area contributed by atoms with Crippen LogP contribution in [0.15, 0.2) is 18.3 Å². The van der Waals surface area contributed by atoms with E-state index in [1.165, 1.54) is 17.7 Å². The van der Waals surface area contributed by atoms with Gasteiger partial charge in [0.1, 0.15) is 22.9 Å². The van der Waals surface area contributed by atoms with Crippen LogP contribution in [0.5, 0.6) is 0 Å². The summed E-state index contributed by atoms with van der Waals surface area (Å²) < 4.78 is 10.8. The van der Waals surface area contributed by atoms with E-state index >= 15 is 0 Å². The number of quaternary nitrogens is 1. The van der Waals surface area contributed by atoms with Crippen molar-refractivity contribution in [2.24, 2.45) is 0 Å². The van der Waals surface area contributed by atoms with E-state index in [2.05, 4.69) is 16.4 Å². The van der Waals surface area contributed by atoms with Crippen molar-refractivity contribution in [3.05, 3.63) is 29.6 Å². The molecule has 1 atom stereocenters.